The number of likely N-dealkylation sites (tertiary alicyclic amines) is 1. The lowest BCUT2D eigenvalue weighted by Gasteiger charge is -2.39. The molecule has 1 aromatic carbocycles. The number of carbonyl (C=O) groups excluding carboxylic acids is 1. The van der Waals surface area contributed by atoms with E-state index in [2.05, 4.69) is 11.9 Å². The average Bonchev–Trinajstić information content (AvgIpc) is 2.61. The Morgan fingerprint density at radius 2 is 2.21 bits per heavy atom. The van der Waals surface area contributed by atoms with Crippen LogP contribution in [0, 0.1) is 5.41 Å². The van der Waals surface area contributed by atoms with Crippen LogP contribution in [-0.2, 0) is 11.2 Å². The summed E-state index contributed by atoms with van der Waals surface area (Å²) in [4.78, 5) is 26.6. The van der Waals surface area contributed by atoms with Gasteiger partial charge in [0.05, 0.1) is 16.7 Å². The van der Waals surface area contributed by atoms with Gasteiger partial charge in [-0.25, -0.2) is 0 Å². The number of para-hydroxylation sites is 1. The summed E-state index contributed by atoms with van der Waals surface area (Å²) < 4.78 is 0. The number of anilines is 1. The largest absolute Gasteiger partial charge is 0.481 e. The number of carboxylic acid groups (broad SMARTS) is 1. The molecule has 0 unspecified atom stereocenters. The molecule has 1 saturated heterocycles. The van der Waals surface area contributed by atoms with Crippen molar-refractivity contribution in [1.29, 1.82) is 0 Å². The summed E-state index contributed by atoms with van der Waals surface area (Å²) in [5.74, 6) is -0.913. The number of amides is 1. The number of benzene rings is 1. The third kappa shape index (κ3) is 2.90. The van der Waals surface area contributed by atoms with Gasteiger partial charge in [0.25, 0.3) is 5.91 Å². The van der Waals surface area contributed by atoms with Crippen LogP contribution < -0.4 is 5.32 Å². The number of nitrogens with one attached hydrogen (secondary N) is 1. The highest BCUT2D eigenvalue weighted by molar-refractivity contribution is 6.00. The molecule has 2 heterocycles. The first-order valence-electron chi connectivity index (χ1n) is 8.57. The molecule has 2 N–H and O–H groups in total. The fourth-order valence-electron chi connectivity index (χ4n) is 3.87. The van der Waals surface area contributed by atoms with Crippen LogP contribution in [0.4, 0.5) is 5.69 Å². The van der Waals surface area contributed by atoms with Gasteiger partial charge in [-0.2, -0.15) is 0 Å². The molecule has 128 valence electrons. The monoisotopic (exact) mass is 328 g/mol. The quantitative estimate of drug-likeness (QED) is 0.834. The zero-order valence-electron chi connectivity index (χ0n) is 13.9. The van der Waals surface area contributed by atoms with Gasteiger partial charge in [-0.05, 0) is 43.7 Å². The third-order valence-electron chi connectivity index (χ3n) is 5.16. The zero-order chi connectivity index (χ0) is 17.2. The van der Waals surface area contributed by atoms with E-state index >= 15 is 0 Å². The number of aryl methyl sites for hydroxylation is 1. The van der Waals surface area contributed by atoms with E-state index in [4.69, 9.17) is 0 Å². The number of rotatable bonds is 4. The van der Waals surface area contributed by atoms with Crippen LogP contribution >= 0.6 is 0 Å². The van der Waals surface area contributed by atoms with E-state index in [0.29, 0.717) is 31.4 Å². The predicted octanol–water partition coefficient (Wildman–Crippen LogP) is 2.93. The van der Waals surface area contributed by atoms with E-state index < -0.39 is 11.4 Å². The fourth-order valence-corrected chi connectivity index (χ4v) is 3.87. The molecule has 0 aromatic heterocycles. The van der Waals surface area contributed by atoms with E-state index in [1.54, 1.807) is 11.0 Å². The van der Waals surface area contributed by atoms with Crippen LogP contribution in [0.25, 0.3) is 0 Å². The molecule has 1 fully saturated rings. The minimum absolute atomic E-state index is 0.0735. The molecule has 1 amide bonds. The van der Waals surface area contributed by atoms with E-state index in [-0.39, 0.29) is 12.5 Å². The first-order chi connectivity index (χ1) is 11.6. The maximum atomic E-state index is 13.1. The van der Waals surface area contributed by atoms with E-state index in [1.807, 2.05) is 18.2 Å². The van der Waals surface area contributed by atoms with Crippen molar-refractivity contribution in [1.82, 2.24) is 4.90 Å². The number of fused-ring (bicyclic) bond motifs is 1. The molecule has 2 aliphatic heterocycles. The number of carboxylic acids is 1. The number of carbonyl (C=O) groups is 2. The van der Waals surface area contributed by atoms with Crippen LogP contribution in [0.3, 0.4) is 0 Å². The van der Waals surface area contributed by atoms with Crippen LogP contribution in [0.2, 0.25) is 0 Å². The van der Waals surface area contributed by atoms with E-state index in [1.165, 1.54) is 5.56 Å². The van der Waals surface area contributed by atoms with E-state index in [9.17, 15) is 14.7 Å². The maximum absolute atomic E-state index is 13.1. The molecule has 0 saturated carbocycles. The first kappa shape index (κ1) is 16.6. The first-order valence-corrected chi connectivity index (χ1v) is 8.57. The Labute approximate surface area is 142 Å². The van der Waals surface area contributed by atoms with Gasteiger partial charge in [-0.15, -0.1) is 6.58 Å². The molecular formula is C19H24N2O3. The molecule has 0 radical (unpaired) electrons. The summed E-state index contributed by atoms with van der Waals surface area (Å²) in [5.41, 5.74) is 1.84. The fraction of sp³-hybridized carbons (Fsp3) is 0.474. The summed E-state index contributed by atoms with van der Waals surface area (Å²) >= 11 is 0. The van der Waals surface area contributed by atoms with Gasteiger partial charge in [0.15, 0.2) is 0 Å². The number of nitrogens with zero attached hydrogens (tertiary/aromatic N) is 1. The van der Waals surface area contributed by atoms with Gasteiger partial charge in [0.1, 0.15) is 0 Å². The number of hydrogen-bond acceptors (Lipinski definition) is 3. The zero-order valence-corrected chi connectivity index (χ0v) is 13.9. The standard InChI is InChI=1S/C19H24N2O3/c1-2-9-19(18(23)24)10-5-12-21(13-19)17(22)15-8-3-6-14-7-4-11-20-16(14)15/h2-3,6,8,20H,1,4-5,7,9-13H2,(H,23,24)/t19-/m1/s1. The van der Waals surface area contributed by atoms with Gasteiger partial charge in [-0.3, -0.25) is 9.59 Å². The number of hydrogen-bond donors (Lipinski definition) is 2. The second kappa shape index (κ2) is 6.67. The molecule has 2 aliphatic rings. The normalized spacial score (nSPS) is 23.1. The van der Waals surface area contributed by atoms with Crippen LogP contribution in [0.5, 0.6) is 0 Å². The lowest BCUT2D eigenvalue weighted by molar-refractivity contribution is -0.151. The van der Waals surface area contributed by atoms with Crippen molar-refractivity contribution in [2.75, 3.05) is 25.0 Å². The van der Waals surface area contributed by atoms with Crippen molar-refractivity contribution in [2.45, 2.75) is 32.1 Å². The average molecular weight is 328 g/mol. The third-order valence-corrected chi connectivity index (χ3v) is 5.16. The topological polar surface area (TPSA) is 69.6 Å². The van der Waals surface area contributed by atoms with Crippen molar-refractivity contribution < 1.29 is 14.7 Å². The Morgan fingerprint density at radius 3 is 2.96 bits per heavy atom. The van der Waals surface area contributed by atoms with Crippen LogP contribution in [-0.4, -0.2) is 41.5 Å². The molecule has 3 rings (SSSR count). The summed E-state index contributed by atoms with van der Waals surface area (Å²) in [6, 6.07) is 5.80. The van der Waals surface area contributed by atoms with Gasteiger partial charge >= 0.3 is 5.97 Å². The molecule has 0 bridgehead atoms. The second-order valence-electron chi connectivity index (χ2n) is 6.78. The van der Waals surface area contributed by atoms with Gasteiger partial charge in [-0.1, -0.05) is 18.2 Å². The molecule has 5 heteroatoms. The highest BCUT2D eigenvalue weighted by atomic mass is 16.4. The molecule has 1 atom stereocenters. The molecule has 5 nitrogen and oxygen atoms in total. The van der Waals surface area contributed by atoms with Gasteiger partial charge in [0.2, 0.25) is 0 Å². The Bertz CT molecular complexity index is 671. The van der Waals surface area contributed by atoms with Crippen LogP contribution in [0.1, 0.15) is 41.6 Å². The summed E-state index contributed by atoms with van der Waals surface area (Å²) in [7, 11) is 0. The Kier molecular flexibility index (Phi) is 4.60. The Balaban J connectivity index is 1.88. The lowest BCUT2D eigenvalue weighted by atomic mass is 9.77. The predicted molar refractivity (Wildman–Crippen MR) is 93.3 cm³/mol. The molecule has 1 aromatic rings. The molecule has 24 heavy (non-hydrogen) atoms. The van der Waals surface area contributed by atoms with E-state index in [0.717, 1.165) is 25.1 Å². The highest BCUT2D eigenvalue weighted by Gasteiger charge is 2.43. The molecule has 0 aliphatic carbocycles. The minimum Gasteiger partial charge on any atom is -0.481 e. The Hall–Kier alpha value is -2.30. The summed E-state index contributed by atoms with van der Waals surface area (Å²) in [6.07, 6.45) is 5.36. The number of piperidine rings is 1. The summed E-state index contributed by atoms with van der Waals surface area (Å²) in [5, 5.41) is 13.0. The number of aliphatic carboxylic acids is 1. The molecule has 0 spiro atoms. The second-order valence-corrected chi connectivity index (χ2v) is 6.78. The van der Waals surface area contributed by atoms with Crippen molar-refractivity contribution in [3.63, 3.8) is 0 Å². The van der Waals surface area contributed by atoms with Crippen molar-refractivity contribution in [2.24, 2.45) is 5.41 Å². The van der Waals surface area contributed by atoms with Gasteiger partial charge in [0, 0.05) is 19.6 Å². The maximum Gasteiger partial charge on any atom is 0.311 e. The smallest absolute Gasteiger partial charge is 0.311 e. The lowest BCUT2D eigenvalue weighted by Crippen LogP contribution is -2.49. The highest BCUT2D eigenvalue weighted by Crippen LogP contribution is 2.36. The summed E-state index contributed by atoms with van der Waals surface area (Å²) in [6.45, 7) is 5.41. The Morgan fingerprint density at radius 1 is 1.38 bits per heavy atom. The van der Waals surface area contributed by atoms with Crippen molar-refractivity contribution in [3.05, 3.63) is 42.0 Å². The van der Waals surface area contributed by atoms with Crippen molar-refractivity contribution in [3.8, 4) is 0 Å². The molecular weight excluding hydrogens is 304 g/mol. The van der Waals surface area contributed by atoms with Gasteiger partial charge < -0.3 is 15.3 Å². The minimum atomic E-state index is -0.905. The van der Waals surface area contributed by atoms with Crippen molar-refractivity contribution >= 4 is 17.6 Å². The van der Waals surface area contributed by atoms with Crippen LogP contribution in [0.15, 0.2) is 30.9 Å². The number of allylic oxidation sites excluding steroid dienone is 1. The SMILES string of the molecule is C=CC[C@@]1(C(=O)O)CCCN(C(=O)c2cccc3c2NCCC3)C1.